The van der Waals surface area contributed by atoms with Crippen LogP contribution in [0.4, 0.5) is 122 Å². The third-order valence-electron chi connectivity index (χ3n) is 19.3. The molecule has 716 valence electrons. The topological polar surface area (TPSA) is 280 Å². The standard InChI is InChI=1S/C33H30F6N6.C18H15F6N5O.C18H9F6N5S.C18H15F6N5S/c1-30(2,3)19-7-11-21(12-8-19)45(22-13-9-20(10-14-22)31(4,5)6)23-15-24(26-17-28(43-41-26)32(34,35)36)40-25(16-23)27-18-29(44-42-27)33(37,38)39;1-2-3-4-5-30-10-6-11(13-8-15(28-26-13)17(19,20)21)25-12(7-10)14-9-16(29-27-14)18(22,23)24;1-8-2-3-14(30-8)9-4-10(12-6-15(28-26-12)17(19,20)21)25-11(5-9)13-7-16(29-27-13)18(22,23)24;1-2-3-4-5-30-10-6-11(13-8-15(28-26-13)17(19,20)21)25-12(7-10)14-9-16(29-27-14)18(22,23)24/h7-18H,1-6H3;6-9H,2-5H2,1H3;2-7H,1H3;6-9H,2-5H2,1H3/q4*-2. The fourth-order valence-electron chi connectivity index (χ4n) is 12.4. The second kappa shape index (κ2) is 39.7. The van der Waals surface area contributed by atoms with E-state index in [1.165, 1.54) is 71.6 Å². The van der Waals surface area contributed by atoms with Crippen molar-refractivity contribution in [2.75, 3.05) is 17.3 Å². The molecule has 0 fully saturated rings. The summed E-state index contributed by atoms with van der Waals surface area (Å²) in [5.74, 6) is 0.941. The maximum Gasteiger partial charge on any atom is 0.431 e. The van der Waals surface area contributed by atoms with Crippen LogP contribution >= 0.6 is 23.1 Å². The molecule has 0 bridgehead atoms. The summed E-state index contributed by atoms with van der Waals surface area (Å²) < 4.78 is 317. The number of thiophene rings is 1. The number of unbranched alkanes of at least 4 members (excludes halogenated alkanes) is 4. The number of pyridine rings is 4. The molecule has 0 amide bonds. The number of aryl methyl sites for hydroxylation is 1. The van der Waals surface area contributed by atoms with Gasteiger partial charge in [0, 0.05) is 38.2 Å². The van der Waals surface area contributed by atoms with Gasteiger partial charge in [0.05, 0.1) is 57.8 Å². The molecule has 0 aliphatic heterocycles. The summed E-state index contributed by atoms with van der Waals surface area (Å²) in [6.07, 6.45) is -32.1. The molecule has 0 N–H and O–H groups in total. The third-order valence-corrected chi connectivity index (χ3v) is 21.4. The smallest absolute Gasteiger partial charge is 0.431 e. The molecule has 15 aromatic rings. The van der Waals surface area contributed by atoms with E-state index >= 15 is 0 Å². The Bertz CT molecular complexity index is 6000. The van der Waals surface area contributed by atoms with Crippen LogP contribution in [0, 0.1) is 6.92 Å². The van der Waals surface area contributed by atoms with E-state index in [0.717, 1.165) is 102 Å². The summed E-state index contributed by atoms with van der Waals surface area (Å²) in [5, 5.41) is 53.6. The average molecular weight is 1940 g/mol. The molecular formula is C87H69F24N21OS2-8. The number of anilines is 3. The zero-order chi connectivity index (χ0) is 98.5. The lowest BCUT2D eigenvalue weighted by Gasteiger charge is -2.29. The van der Waals surface area contributed by atoms with Gasteiger partial charge >= 0.3 is 49.4 Å². The Morgan fingerprint density at radius 1 is 0.304 bits per heavy atom. The lowest BCUT2D eigenvalue weighted by Crippen LogP contribution is -2.14. The number of ether oxygens (including phenoxy) is 1. The highest BCUT2D eigenvalue weighted by Crippen LogP contribution is 2.45. The van der Waals surface area contributed by atoms with E-state index in [1.54, 1.807) is 6.07 Å². The van der Waals surface area contributed by atoms with E-state index in [0.29, 0.717) is 46.3 Å². The first-order valence-corrected chi connectivity index (χ1v) is 41.8. The van der Waals surface area contributed by atoms with Gasteiger partial charge in [-0.05, 0) is 174 Å². The molecule has 0 saturated carbocycles. The first kappa shape index (κ1) is 101. The second-order valence-electron chi connectivity index (χ2n) is 31.7. The molecule has 13 aromatic heterocycles. The zero-order valence-electron chi connectivity index (χ0n) is 71.4. The molecule has 0 aliphatic carbocycles. The van der Waals surface area contributed by atoms with Crippen LogP contribution in [0.25, 0.3) is 102 Å². The highest BCUT2D eigenvalue weighted by molar-refractivity contribution is 7.99. The van der Waals surface area contributed by atoms with E-state index in [1.807, 2.05) is 80.3 Å². The Morgan fingerprint density at radius 3 is 0.807 bits per heavy atom. The number of halogens is 24. The fourth-order valence-corrected chi connectivity index (χ4v) is 14.2. The van der Waals surface area contributed by atoms with E-state index in [2.05, 4.69) is 143 Å². The number of hydrogen-bond acceptors (Lipinski definition) is 16. The number of benzene rings is 2. The van der Waals surface area contributed by atoms with Crippen LogP contribution in [-0.4, -0.2) is 73.1 Å². The number of hydrogen-bond donors (Lipinski definition) is 0. The predicted octanol–water partition coefficient (Wildman–Crippen LogP) is 24.6. The quantitative estimate of drug-likeness (QED) is 0.0346. The number of thioether (sulfide) groups is 1. The Kier molecular flexibility index (Phi) is 29.6. The summed E-state index contributed by atoms with van der Waals surface area (Å²) in [6, 6.07) is 36.8. The van der Waals surface area contributed by atoms with Crippen molar-refractivity contribution in [1.82, 2.24) is 102 Å². The lowest BCUT2D eigenvalue weighted by atomic mass is 9.86. The van der Waals surface area contributed by atoms with Crippen LogP contribution in [0.5, 0.6) is 5.75 Å². The normalized spacial score (nSPS) is 12.6. The zero-order valence-corrected chi connectivity index (χ0v) is 73.0. The van der Waals surface area contributed by atoms with Gasteiger partial charge in [-0.15, -0.1) is 23.1 Å². The van der Waals surface area contributed by atoms with Crippen LogP contribution in [0.3, 0.4) is 0 Å². The SMILES string of the molecule is CC(C)(C)c1ccc(N(c2ccc(C(C)(C)C)cc2)c2cc(-c3cc(C(F)(F)F)n[n-]3)nc(-c3cc(C(F)(F)F)n[n-]3)c2)cc1.CCCCCOc1cc(-c2cc(C(F)(F)F)n[n-]2)nc(-c2cc(C(F)(F)F)n[n-]2)c1.CCCCCSc1cc(-c2cc(C(F)(F)F)n[n-]2)nc(-c2cc(C(F)(F)F)n[n-]2)c1.Cc1ccc(-c2cc(-c3cc(C(F)(F)F)n[n-]3)nc(-c3cc(C(F)(F)F)n[n-]3)c2)s1. The molecule has 13 heterocycles. The molecule has 0 radical (unpaired) electrons. The molecule has 2 aromatic carbocycles. The molecule has 0 aliphatic rings. The minimum atomic E-state index is -4.75. The van der Waals surface area contributed by atoms with Crippen molar-refractivity contribution in [3.05, 3.63) is 219 Å². The molecule has 0 spiro atoms. The summed E-state index contributed by atoms with van der Waals surface area (Å²) >= 11 is 2.83. The Labute approximate surface area is 758 Å². The van der Waals surface area contributed by atoms with E-state index in [4.69, 9.17) is 4.74 Å². The molecule has 135 heavy (non-hydrogen) atoms. The summed E-state index contributed by atoms with van der Waals surface area (Å²) in [5.41, 5.74) is -6.72. The Hall–Kier alpha value is -13.3. The van der Waals surface area contributed by atoms with Gasteiger partial charge in [0.25, 0.3) is 0 Å². The first-order chi connectivity index (χ1) is 63.0. The number of aromatic nitrogens is 20. The molecule has 48 heteroatoms. The summed E-state index contributed by atoms with van der Waals surface area (Å²) in [7, 11) is 0. The van der Waals surface area contributed by atoms with Gasteiger partial charge in [0.2, 0.25) is 0 Å². The largest absolute Gasteiger partial charge is 0.573 e. The van der Waals surface area contributed by atoms with Crippen molar-refractivity contribution in [2.24, 2.45) is 0 Å². The molecular weight excluding hydrogens is 1880 g/mol. The highest BCUT2D eigenvalue weighted by atomic mass is 32.2. The van der Waals surface area contributed by atoms with Gasteiger partial charge in [-0.3, -0.25) is 19.9 Å². The number of rotatable bonds is 22. The monoisotopic (exact) mass is 1940 g/mol. The minimum Gasteiger partial charge on any atom is -0.573 e. The van der Waals surface area contributed by atoms with E-state index < -0.39 is 95.0 Å². The van der Waals surface area contributed by atoms with Crippen molar-refractivity contribution in [2.45, 2.75) is 166 Å². The van der Waals surface area contributed by atoms with Gasteiger partial charge in [0.15, 0.2) is 0 Å². The van der Waals surface area contributed by atoms with Gasteiger partial charge in [0.1, 0.15) is 51.3 Å². The molecule has 15 rings (SSSR count). The van der Waals surface area contributed by atoms with Gasteiger partial charge in [-0.1, -0.05) is 151 Å². The van der Waals surface area contributed by atoms with E-state index in [9.17, 15) is 105 Å². The first-order valence-electron chi connectivity index (χ1n) is 40.0. The molecule has 0 saturated heterocycles. The van der Waals surface area contributed by atoms with Crippen molar-refractivity contribution >= 4 is 40.2 Å². The van der Waals surface area contributed by atoms with Crippen molar-refractivity contribution in [3.63, 3.8) is 0 Å². The predicted molar refractivity (Wildman–Crippen MR) is 445 cm³/mol. The van der Waals surface area contributed by atoms with Crippen LogP contribution in [0.2, 0.25) is 0 Å². The minimum absolute atomic E-state index is 0.0214. The lowest BCUT2D eigenvalue weighted by molar-refractivity contribution is -0.142. The maximum atomic E-state index is 13.4. The van der Waals surface area contributed by atoms with Crippen LogP contribution in [-0.2, 0) is 60.2 Å². The van der Waals surface area contributed by atoms with Gasteiger partial charge < -0.3 is 91.2 Å². The average Bonchev–Trinajstić information content (AvgIpc) is 1.71. The number of nitrogens with zero attached hydrogens (tertiary/aromatic N) is 21. The molecule has 0 atom stereocenters. The van der Waals surface area contributed by atoms with Crippen molar-refractivity contribution < 1.29 is 110 Å². The summed E-state index contributed by atoms with van der Waals surface area (Å²) in [6.45, 7) is 18.7. The summed E-state index contributed by atoms with van der Waals surface area (Å²) in [4.78, 5) is 21.0. The van der Waals surface area contributed by atoms with Crippen molar-refractivity contribution in [1.29, 1.82) is 0 Å². The van der Waals surface area contributed by atoms with Gasteiger partial charge in [-0.2, -0.15) is 105 Å². The molecule has 22 nitrogen and oxygen atoms in total. The highest BCUT2D eigenvalue weighted by Gasteiger charge is 2.38. The maximum absolute atomic E-state index is 13.4. The molecule has 0 unspecified atom stereocenters. The van der Waals surface area contributed by atoms with Gasteiger partial charge in [-0.25, -0.2) is 0 Å². The van der Waals surface area contributed by atoms with E-state index in [-0.39, 0.29) is 108 Å². The Morgan fingerprint density at radius 2 is 0.563 bits per heavy atom. The Balaban J connectivity index is 0.000000165. The van der Waals surface area contributed by atoms with Crippen LogP contribution in [0.15, 0.2) is 163 Å². The number of alkyl halides is 24. The fraction of sp³-hybridized carbons (Fsp3) is 0.310. The van der Waals surface area contributed by atoms with Crippen LogP contribution in [0.1, 0.15) is 155 Å². The van der Waals surface area contributed by atoms with Crippen LogP contribution < -0.4 is 50.4 Å². The second-order valence-corrected chi connectivity index (χ2v) is 34.2. The van der Waals surface area contributed by atoms with Crippen molar-refractivity contribution in [3.8, 4) is 107 Å². The third kappa shape index (κ3) is 26.0.